The van der Waals surface area contributed by atoms with E-state index in [0.29, 0.717) is 23.4 Å². The van der Waals surface area contributed by atoms with Crippen molar-refractivity contribution >= 4 is 16.8 Å². The Balaban J connectivity index is 2.03. The maximum Gasteiger partial charge on any atom is 0.220 e. The van der Waals surface area contributed by atoms with Gasteiger partial charge in [0.15, 0.2) is 0 Å². The van der Waals surface area contributed by atoms with Crippen LogP contribution in [0.25, 0.3) is 10.9 Å². The number of fused-ring (bicyclic) bond motifs is 1. The van der Waals surface area contributed by atoms with Crippen LogP contribution in [0, 0.1) is 0 Å². The van der Waals surface area contributed by atoms with Gasteiger partial charge in [-0.15, -0.1) is 0 Å². The summed E-state index contributed by atoms with van der Waals surface area (Å²) in [6, 6.07) is 15.4. The number of benzene rings is 2. The third-order valence-corrected chi connectivity index (χ3v) is 5.09. The Hall–Kier alpha value is -2.88. The van der Waals surface area contributed by atoms with Crippen molar-refractivity contribution in [3.63, 3.8) is 0 Å². The quantitative estimate of drug-likeness (QED) is 0.575. The first-order valence-electron chi connectivity index (χ1n) is 9.97. The molecule has 0 unspecified atom stereocenters. The Morgan fingerprint density at radius 3 is 2.46 bits per heavy atom. The Labute approximate surface area is 166 Å². The van der Waals surface area contributed by atoms with Crippen LogP contribution in [-0.4, -0.2) is 16.0 Å². The van der Waals surface area contributed by atoms with Crippen LogP contribution in [0.2, 0.25) is 0 Å². The highest BCUT2D eigenvalue weighted by atomic mass is 16.3. The largest absolute Gasteiger partial charge is 0.505 e. The zero-order chi connectivity index (χ0) is 20.1. The minimum Gasteiger partial charge on any atom is -0.505 e. The first-order valence-corrected chi connectivity index (χ1v) is 9.97. The predicted octanol–water partition coefficient (Wildman–Crippen LogP) is 5.46. The number of hydrogen-bond donors (Lipinski definition) is 2. The fraction of sp³-hybridized carbons (Fsp3) is 0.333. The lowest BCUT2D eigenvalue weighted by atomic mass is 9.93. The highest BCUT2D eigenvalue weighted by Gasteiger charge is 2.21. The second-order valence-corrected chi connectivity index (χ2v) is 7.50. The number of carbonyl (C=O) groups is 1. The monoisotopic (exact) mass is 376 g/mol. The van der Waals surface area contributed by atoms with E-state index in [1.165, 1.54) is 5.56 Å². The smallest absolute Gasteiger partial charge is 0.220 e. The van der Waals surface area contributed by atoms with E-state index in [-0.39, 0.29) is 11.7 Å². The van der Waals surface area contributed by atoms with Gasteiger partial charge in [0.1, 0.15) is 11.3 Å². The van der Waals surface area contributed by atoms with Gasteiger partial charge in [-0.25, -0.2) is 0 Å². The van der Waals surface area contributed by atoms with E-state index in [1.54, 1.807) is 6.20 Å². The summed E-state index contributed by atoms with van der Waals surface area (Å²) in [5, 5.41) is 14.9. The van der Waals surface area contributed by atoms with Crippen molar-refractivity contribution in [3.05, 3.63) is 71.4 Å². The van der Waals surface area contributed by atoms with E-state index in [0.717, 1.165) is 23.8 Å². The molecule has 0 saturated heterocycles. The summed E-state index contributed by atoms with van der Waals surface area (Å²) in [5.74, 6) is 0.539. The molecule has 4 nitrogen and oxygen atoms in total. The minimum atomic E-state index is -0.419. The van der Waals surface area contributed by atoms with Gasteiger partial charge in [0.2, 0.25) is 5.91 Å². The van der Waals surface area contributed by atoms with Crippen LogP contribution in [0.3, 0.4) is 0 Å². The third-order valence-electron chi connectivity index (χ3n) is 5.09. The molecule has 0 aliphatic carbocycles. The van der Waals surface area contributed by atoms with Crippen LogP contribution in [0.5, 0.6) is 5.75 Å². The molecular weight excluding hydrogens is 348 g/mol. The molecule has 1 heterocycles. The molecule has 28 heavy (non-hydrogen) atoms. The summed E-state index contributed by atoms with van der Waals surface area (Å²) in [5.41, 5.74) is 3.39. The Morgan fingerprint density at radius 2 is 1.79 bits per heavy atom. The minimum absolute atomic E-state index is 0.0136. The van der Waals surface area contributed by atoms with Crippen molar-refractivity contribution in [2.24, 2.45) is 0 Å². The maximum absolute atomic E-state index is 12.5. The summed E-state index contributed by atoms with van der Waals surface area (Å²) in [6.45, 7) is 6.37. The van der Waals surface area contributed by atoms with Crippen LogP contribution in [0.15, 0.2) is 54.7 Å². The van der Waals surface area contributed by atoms with E-state index in [1.807, 2.05) is 36.4 Å². The molecule has 3 rings (SSSR count). The van der Waals surface area contributed by atoms with Crippen molar-refractivity contribution < 1.29 is 9.90 Å². The van der Waals surface area contributed by atoms with Crippen LogP contribution in [0.1, 0.15) is 68.7 Å². The molecule has 0 aliphatic rings. The molecule has 4 heteroatoms. The second-order valence-electron chi connectivity index (χ2n) is 7.50. The molecule has 2 N–H and O–H groups in total. The summed E-state index contributed by atoms with van der Waals surface area (Å²) in [4.78, 5) is 16.8. The predicted molar refractivity (Wildman–Crippen MR) is 113 cm³/mol. The lowest BCUT2D eigenvalue weighted by molar-refractivity contribution is -0.121. The molecule has 2 aromatic carbocycles. The Kier molecular flexibility index (Phi) is 6.30. The van der Waals surface area contributed by atoms with Gasteiger partial charge in [0.25, 0.3) is 0 Å². The maximum atomic E-state index is 12.5. The molecule has 0 fully saturated rings. The number of pyridine rings is 1. The number of amides is 1. The number of carbonyl (C=O) groups excluding carboxylic acids is 1. The number of aromatic nitrogens is 1. The van der Waals surface area contributed by atoms with Crippen molar-refractivity contribution in [2.45, 2.75) is 52.0 Å². The van der Waals surface area contributed by atoms with Crippen LogP contribution in [-0.2, 0) is 4.79 Å². The van der Waals surface area contributed by atoms with E-state index in [4.69, 9.17) is 0 Å². The molecule has 3 aromatic rings. The van der Waals surface area contributed by atoms with Crippen molar-refractivity contribution in [2.75, 3.05) is 0 Å². The summed E-state index contributed by atoms with van der Waals surface area (Å²) in [6.07, 6.45) is 3.95. The van der Waals surface area contributed by atoms with Gasteiger partial charge in [0, 0.05) is 23.6 Å². The van der Waals surface area contributed by atoms with Gasteiger partial charge in [-0.2, -0.15) is 0 Å². The van der Waals surface area contributed by atoms with E-state index in [9.17, 15) is 9.90 Å². The number of rotatable bonds is 7. The topological polar surface area (TPSA) is 62.2 Å². The van der Waals surface area contributed by atoms with E-state index in [2.05, 4.69) is 43.2 Å². The molecule has 1 atom stereocenters. The average molecular weight is 377 g/mol. The lowest BCUT2D eigenvalue weighted by Gasteiger charge is -2.22. The highest BCUT2D eigenvalue weighted by Crippen LogP contribution is 2.35. The van der Waals surface area contributed by atoms with Gasteiger partial charge >= 0.3 is 0 Å². The number of nitrogens with one attached hydrogen (secondary N) is 1. The van der Waals surface area contributed by atoms with Crippen molar-refractivity contribution in [3.8, 4) is 5.75 Å². The van der Waals surface area contributed by atoms with Crippen molar-refractivity contribution in [1.82, 2.24) is 10.3 Å². The van der Waals surface area contributed by atoms with Gasteiger partial charge in [-0.05, 0) is 29.5 Å². The number of nitrogens with zero attached hydrogens (tertiary/aromatic N) is 1. The number of unbranched alkanes of at least 4 members (excludes halogenated alkanes) is 1. The first-order chi connectivity index (χ1) is 13.5. The summed E-state index contributed by atoms with van der Waals surface area (Å²) < 4.78 is 0. The van der Waals surface area contributed by atoms with Gasteiger partial charge < -0.3 is 10.4 Å². The van der Waals surface area contributed by atoms with Gasteiger partial charge in [-0.1, -0.05) is 69.7 Å². The lowest BCUT2D eigenvalue weighted by Crippen LogP contribution is -2.29. The zero-order valence-corrected chi connectivity index (χ0v) is 16.8. The Bertz CT molecular complexity index is 948. The van der Waals surface area contributed by atoms with Crippen LogP contribution < -0.4 is 5.32 Å². The molecule has 146 valence electrons. The molecule has 0 saturated carbocycles. The zero-order valence-electron chi connectivity index (χ0n) is 16.8. The Morgan fingerprint density at radius 1 is 1.07 bits per heavy atom. The van der Waals surface area contributed by atoms with E-state index < -0.39 is 6.04 Å². The number of aromatic hydroxyl groups is 1. The molecule has 1 aromatic heterocycles. The second kappa shape index (κ2) is 8.87. The van der Waals surface area contributed by atoms with Crippen molar-refractivity contribution in [1.29, 1.82) is 0 Å². The van der Waals surface area contributed by atoms with Crippen LogP contribution in [0.4, 0.5) is 0 Å². The van der Waals surface area contributed by atoms with Crippen LogP contribution >= 0.6 is 0 Å². The number of hydrogen-bond acceptors (Lipinski definition) is 3. The molecule has 0 spiro atoms. The SMILES string of the molecule is CCCCC(=O)N[C@@H](c1ccc(C(C)C)cc1)c1ccc2cccnc2c1O. The normalized spacial score (nSPS) is 12.3. The summed E-state index contributed by atoms with van der Waals surface area (Å²) in [7, 11) is 0. The van der Waals surface area contributed by atoms with Gasteiger partial charge in [-0.3, -0.25) is 9.78 Å². The first kappa shape index (κ1) is 19.9. The summed E-state index contributed by atoms with van der Waals surface area (Å²) >= 11 is 0. The molecule has 0 aliphatic heterocycles. The average Bonchev–Trinajstić information content (AvgIpc) is 2.71. The number of phenols is 1. The molecule has 1 amide bonds. The van der Waals surface area contributed by atoms with Gasteiger partial charge in [0.05, 0.1) is 6.04 Å². The van der Waals surface area contributed by atoms with E-state index >= 15 is 0 Å². The molecule has 0 bridgehead atoms. The third kappa shape index (κ3) is 4.33. The fourth-order valence-corrected chi connectivity index (χ4v) is 3.36. The standard InChI is InChI=1S/C24H28N2O2/c1-4-5-8-21(27)26-22(19-11-9-17(10-12-19)16(2)3)20-14-13-18-7-6-15-25-23(18)24(20)28/h6-7,9-16,22,28H,4-5,8H2,1-3H3,(H,26,27)/t22-/m0/s1. The molecule has 0 radical (unpaired) electrons. The fourth-order valence-electron chi connectivity index (χ4n) is 3.36. The number of phenolic OH excluding ortho intramolecular Hbond substituents is 1. The molecular formula is C24H28N2O2. The highest BCUT2D eigenvalue weighted by molar-refractivity contribution is 5.86.